The second kappa shape index (κ2) is 10.2. The molecule has 128 valence electrons. The first-order valence-corrected chi connectivity index (χ1v) is 7.73. The summed E-state index contributed by atoms with van der Waals surface area (Å²) in [6.07, 6.45) is 0.364. The molecular weight excluding hydrogens is 304 g/mol. The normalized spacial score (nSPS) is 10.8. The molecule has 0 heterocycles. The Kier molecular flexibility index (Phi) is 8.26. The highest BCUT2D eigenvalue weighted by Gasteiger charge is 2.14. The Balaban J connectivity index is 0.000000240. The minimum atomic E-state index is -0.193. The van der Waals surface area contributed by atoms with Crippen LogP contribution in [0.2, 0.25) is 0 Å². The molecule has 0 aliphatic heterocycles. The molecule has 0 fully saturated rings. The molecule has 2 aromatic carbocycles. The number of carbonyl (C=O) groups excluding carboxylic acids is 2. The van der Waals surface area contributed by atoms with E-state index >= 15 is 0 Å². The predicted octanol–water partition coefficient (Wildman–Crippen LogP) is 3.67. The van der Waals surface area contributed by atoms with Crippen molar-refractivity contribution < 1.29 is 19.1 Å². The van der Waals surface area contributed by atoms with Crippen molar-refractivity contribution in [2.24, 2.45) is 0 Å². The predicted molar refractivity (Wildman–Crippen MR) is 93.8 cm³/mol. The lowest BCUT2D eigenvalue weighted by Gasteiger charge is -2.08. The zero-order valence-corrected chi connectivity index (χ0v) is 14.6. The van der Waals surface area contributed by atoms with E-state index in [9.17, 15) is 9.59 Å². The van der Waals surface area contributed by atoms with Gasteiger partial charge in [-0.05, 0) is 30.5 Å². The third-order valence-corrected chi connectivity index (χ3v) is 3.68. The second-order valence-electron chi connectivity index (χ2n) is 5.33. The van der Waals surface area contributed by atoms with Gasteiger partial charge < -0.3 is 9.47 Å². The van der Waals surface area contributed by atoms with Crippen LogP contribution in [0.15, 0.2) is 54.6 Å². The van der Waals surface area contributed by atoms with Gasteiger partial charge in [0.15, 0.2) is 0 Å². The smallest absolute Gasteiger partial charge is 0.312 e. The summed E-state index contributed by atoms with van der Waals surface area (Å²) < 4.78 is 9.20. The van der Waals surface area contributed by atoms with Crippen molar-refractivity contribution in [3.8, 4) is 0 Å². The van der Waals surface area contributed by atoms with Crippen molar-refractivity contribution in [1.82, 2.24) is 0 Å². The van der Waals surface area contributed by atoms with Gasteiger partial charge in [-0.15, -0.1) is 0 Å². The molecule has 1 atom stereocenters. The number of benzene rings is 2. The quantitative estimate of drug-likeness (QED) is 0.804. The molecule has 0 N–H and O–H groups in total. The van der Waals surface area contributed by atoms with E-state index in [0.29, 0.717) is 6.42 Å². The van der Waals surface area contributed by atoms with Crippen LogP contribution < -0.4 is 0 Å². The van der Waals surface area contributed by atoms with Gasteiger partial charge >= 0.3 is 11.9 Å². The van der Waals surface area contributed by atoms with Crippen LogP contribution in [0.25, 0.3) is 0 Å². The topological polar surface area (TPSA) is 52.6 Å². The van der Waals surface area contributed by atoms with Gasteiger partial charge in [-0.3, -0.25) is 9.59 Å². The van der Waals surface area contributed by atoms with Gasteiger partial charge in [0.2, 0.25) is 0 Å². The van der Waals surface area contributed by atoms with Gasteiger partial charge in [0.05, 0.1) is 26.6 Å². The van der Waals surface area contributed by atoms with E-state index in [2.05, 4.69) is 9.47 Å². The summed E-state index contributed by atoms with van der Waals surface area (Å²) in [4.78, 5) is 22.0. The van der Waals surface area contributed by atoms with E-state index in [0.717, 1.165) is 16.7 Å². The van der Waals surface area contributed by atoms with Gasteiger partial charge in [0.1, 0.15) is 0 Å². The van der Waals surface area contributed by atoms with E-state index in [4.69, 9.17) is 0 Å². The van der Waals surface area contributed by atoms with Gasteiger partial charge in [-0.1, -0.05) is 54.6 Å². The van der Waals surface area contributed by atoms with Crippen LogP contribution in [-0.2, 0) is 25.5 Å². The number of aryl methyl sites for hydroxylation is 1. The zero-order chi connectivity index (χ0) is 17.9. The van der Waals surface area contributed by atoms with E-state index < -0.39 is 0 Å². The Hall–Kier alpha value is -2.62. The molecule has 0 saturated heterocycles. The Morgan fingerprint density at radius 2 is 1.50 bits per heavy atom. The fourth-order valence-corrected chi connectivity index (χ4v) is 2.09. The number of methoxy groups -OCH3 is 2. The first-order valence-electron chi connectivity index (χ1n) is 7.73. The summed E-state index contributed by atoms with van der Waals surface area (Å²) in [5.74, 6) is -0.554. The molecule has 2 aromatic rings. The van der Waals surface area contributed by atoms with Crippen molar-refractivity contribution in [2.75, 3.05) is 14.2 Å². The monoisotopic (exact) mass is 328 g/mol. The van der Waals surface area contributed by atoms with Crippen LogP contribution in [0.3, 0.4) is 0 Å². The van der Waals surface area contributed by atoms with Gasteiger partial charge in [-0.25, -0.2) is 0 Å². The lowest BCUT2D eigenvalue weighted by atomic mass is 10.0. The van der Waals surface area contributed by atoms with Gasteiger partial charge in [0, 0.05) is 0 Å². The van der Waals surface area contributed by atoms with E-state index in [1.807, 2.05) is 68.4 Å². The van der Waals surface area contributed by atoms with Gasteiger partial charge in [-0.2, -0.15) is 0 Å². The van der Waals surface area contributed by atoms with Crippen LogP contribution in [-0.4, -0.2) is 26.2 Å². The molecule has 0 aliphatic carbocycles. The summed E-state index contributed by atoms with van der Waals surface area (Å²) >= 11 is 0. The summed E-state index contributed by atoms with van der Waals surface area (Å²) in [7, 11) is 2.81. The van der Waals surface area contributed by atoms with Crippen LogP contribution in [0.5, 0.6) is 0 Å². The molecule has 0 spiro atoms. The number of hydrogen-bond acceptors (Lipinski definition) is 4. The molecular formula is C20H24O4. The Morgan fingerprint density at radius 1 is 0.917 bits per heavy atom. The molecule has 24 heavy (non-hydrogen) atoms. The fraction of sp³-hybridized carbons (Fsp3) is 0.300. The van der Waals surface area contributed by atoms with E-state index in [1.165, 1.54) is 14.2 Å². The highest BCUT2D eigenvalue weighted by molar-refractivity contribution is 5.77. The average molecular weight is 328 g/mol. The lowest BCUT2D eigenvalue weighted by molar-refractivity contribution is -0.142. The van der Waals surface area contributed by atoms with Crippen molar-refractivity contribution in [3.63, 3.8) is 0 Å². The Bertz CT molecular complexity index is 650. The molecule has 0 bridgehead atoms. The molecule has 0 aromatic heterocycles. The van der Waals surface area contributed by atoms with Crippen molar-refractivity contribution in [1.29, 1.82) is 0 Å². The maximum atomic E-state index is 11.1. The molecule has 0 amide bonds. The molecule has 1 unspecified atom stereocenters. The van der Waals surface area contributed by atoms with Crippen molar-refractivity contribution in [2.45, 2.75) is 26.2 Å². The molecule has 0 aliphatic rings. The van der Waals surface area contributed by atoms with Gasteiger partial charge in [0.25, 0.3) is 0 Å². The SMILES string of the molecule is COC(=O)C(C)c1ccccc1.COC(=O)Cc1ccccc1C. The highest BCUT2D eigenvalue weighted by atomic mass is 16.5. The number of esters is 2. The summed E-state index contributed by atoms with van der Waals surface area (Å²) in [5, 5.41) is 0. The zero-order valence-electron chi connectivity index (χ0n) is 14.6. The first-order chi connectivity index (χ1) is 11.5. The van der Waals surface area contributed by atoms with Crippen molar-refractivity contribution in [3.05, 3.63) is 71.3 Å². The largest absolute Gasteiger partial charge is 0.469 e. The number of carbonyl (C=O) groups is 2. The van der Waals surface area contributed by atoms with Crippen LogP contribution >= 0.6 is 0 Å². The van der Waals surface area contributed by atoms with E-state index in [1.54, 1.807) is 0 Å². The maximum Gasteiger partial charge on any atom is 0.312 e. The second-order valence-corrected chi connectivity index (χ2v) is 5.33. The molecule has 0 saturated carbocycles. The maximum absolute atomic E-state index is 11.1. The molecule has 4 nitrogen and oxygen atoms in total. The average Bonchev–Trinajstić information content (AvgIpc) is 2.63. The third-order valence-electron chi connectivity index (χ3n) is 3.68. The lowest BCUT2D eigenvalue weighted by Crippen LogP contribution is -2.10. The van der Waals surface area contributed by atoms with E-state index in [-0.39, 0.29) is 17.9 Å². The van der Waals surface area contributed by atoms with Crippen LogP contribution in [0.4, 0.5) is 0 Å². The molecule has 0 radical (unpaired) electrons. The Labute approximate surface area is 143 Å². The molecule has 2 rings (SSSR count). The van der Waals surface area contributed by atoms with Crippen molar-refractivity contribution >= 4 is 11.9 Å². The van der Waals surface area contributed by atoms with Crippen LogP contribution in [0, 0.1) is 6.92 Å². The minimum Gasteiger partial charge on any atom is -0.469 e. The number of ether oxygens (including phenoxy) is 2. The summed E-state index contributed by atoms with van der Waals surface area (Å²) in [6.45, 7) is 3.82. The highest BCUT2D eigenvalue weighted by Crippen LogP contribution is 2.15. The summed E-state index contributed by atoms with van der Waals surface area (Å²) in [5.41, 5.74) is 3.15. The number of rotatable bonds is 4. The summed E-state index contributed by atoms with van der Waals surface area (Å²) in [6, 6.07) is 17.4. The van der Waals surface area contributed by atoms with Crippen LogP contribution in [0.1, 0.15) is 29.5 Å². The third kappa shape index (κ3) is 6.24. The Morgan fingerprint density at radius 3 is 2.04 bits per heavy atom. The fourth-order valence-electron chi connectivity index (χ4n) is 2.09. The minimum absolute atomic E-state index is 0.170. The number of hydrogen-bond donors (Lipinski definition) is 0. The standard InChI is InChI=1S/2C10H12O2/c1-8-5-3-4-6-9(8)7-10(11)12-2;1-8(10(11)12-2)9-6-4-3-5-7-9/h3-6H,7H2,1-2H3;3-8H,1-2H3. The molecule has 4 heteroatoms. The first kappa shape index (κ1) is 19.4.